The Bertz CT molecular complexity index is 1230. The highest BCUT2D eigenvalue weighted by Gasteiger charge is 2.09. The highest BCUT2D eigenvalue weighted by molar-refractivity contribution is 6.31. The minimum atomic E-state index is 0.457. The zero-order valence-corrected chi connectivity index (χ0v) is 20.3. The summed E-state index contributed by atoms with van der Waals surface area (Å²) in [6.07, 6.45) is 3.63. The third-order valence-electron chi connectivity index (χ3n) is 5.11. The van der Waals surface area contributed by atoms with Gasteiger partial charge in [-0.25, -0.2) is 0 Å². The summed E-state index contributed by atoms with van der Waals surface area (Å²) in [4.78, 5) is 13.8. The standard InChI is InChI=1S/C26H25Cl2N5O/c1-34-23-14-12-21(13-15-23)29-25-31-24(11-3-2-6-18-7-4-8-19(27)16-18)32-26(33-25)30-22-10-5-9-20(28)17-22/h4-5,7-10,12-17H,2-3,6,11H2,1H3,(H2,29,30,31,32,33). The number of nitrogens with one attached hydrogen (secondary N) is 2. The van der Waals surface area contributed by atoms with E-state index in [1.165, 1.54) is 5.56 Å². The van der Waals surface area contributed by atoms with Crippen LogP contribution in [0.25, 0.3) is 0 Å². The number of hydrogen-bond donors (Lipinski definition) is 2. The summed E-state index contributed by atoms with van der Waals surface area (Å²) in [5, 5.41) is 7.89. The summed E-state index contributed by atoms with van der Waals surface area (Å²) >= 11 is 12.2. The molecule has 0 aliphatic rings. The van der Waals surface area contributed by atoms with E-state index in [0.29, 0.717) is 22.7 Å². The normalized spacial score (nSPS) is 10.7. The van der Waals surface area contributed by atoms with Gasteiger partial charge in [0.15, 0.2) is 0 Å². The molecule has 6 nitrogen and oxygen atoms in total. The molecule has 0 amide bonds. The smallest absolute Gasteiger partial charge is 0.232 e. The number of aryl methyl sites for hydroxylation is 2. The van der Waals surface area contributed by atoms with E-state index in [-0.39, 0.29) is 0 Å². The molecule has 1 heterocycles. The third kappa shape index (κ3) is 7.07. The molecule has 0 aliphatic heterocycles. The molecule has 0 aliphatic carbocycles. The number of methoxy groups -OCH3 is 1. The van der Waals surface area contributed by atoms with Crippen LogP contribution in [0.4, 0.5) is 23.3 Å². The van der Waals surface area contributed by atoms with Crippen molar-refractivity contribution in [2.45, 2.75) is 25.7 Å². The summed E-state index contributed by atoms with van der Waals surface area (Å²) in [5.41, 5.74) is 2.89. The lowest BCUT2D eigenvalue weighted by Crippen LogP contribution is -2.08. The zero-order valence-electron chi connectivity index (χ0n) is 18.8. The Morgan fingerprint density at radius 3 is 2.03 bits per heavy atom. The van der Waals surface area contributed by atoms with Gasteiger partial charge in [-0.2, -0.15) is 15.0 Å². The van der Waals surface area contributed by atoms with E-state index < -0.39 is 0 Å². The first kappa shape index (κ1) is 23.8. The van der Waals surface area contributed by atoms with Gasteiger partial charge in [0, 0.05) is 27.8 Å². The van der Waals surface area contributed by atoms with Gasteiger partial charge < -0.3 is 15.4 Å². The Morgan fingerprint density at radius 1 is 0.706 bits per heavy atom. The minimum absolute atomic E-state index is 0.457. The lowest BCUT2D eigenvalue weighted by atomic mass is 10.1. The number of unbranched alkanes of at least 4 members (excludes halogenated alkanes) is 1. The predicted molar refractivity (Wildman–Crippen MR) is 139 cm³/mol. The average Bonchev–Trinajstić information content (AvgIpc) is 2.82. The molecule has 4 aromatic rings. The maximum Gasteiger partial charge on any atom is 0.232 e. The number of rotatable bonds is 10. The van der Waals surface area contributed by atoms with Gasteiger partial charge in [0.1, 0.15) is 11.6 Å². The van der Waals surface area contributed by atoms with Crippen molar-refractivity contribution in [1.82, 2.24) is 15.0 Å². The van der Waals surface area contributed by atoms with E-state index in [4.69, 9.17) is 27.9 Å². The van der Waals surface area contributed by atoms with Crippen molar-refractivity contribution in [1.29, 1.82) is 0 Å². The Labute approximate surface area is 209 Å². The van der Waals surface area contributed by atoms with Crippen LogP contribution in [0.1, 0.15) is 24.2 Å². The summed E-state index contributed by atoms with van der Waals surface area (Å²) in [5.74, 6) is 2.42. The molecule has 0 radical (unpaired) electrons. The summed E-state index contributed by atoms with van der Waals surface area (Å²) in [6.45, 7) is 0. The Balaban J connectivity index is 1.48. The van der Waals surface area contributed by atoms with Gasteiger partial charge in [-0.15, -0.1) is 0 Å². The summed E-state index contributed by atoms with van der Waals surface area (Å²) in [6, 6.07) is 23.0. The van der Waals surface area contributed by atoms with Crippen LogP contribution in [0.15, 0.2) is 72.8 Å². The van der Waals surface area contributed by atoms with Gasteiger partial charge in [-0.05, 0) is 79.4 Å². The molecule has 4 rings (SSSR count). The van der Waals surface area contributed by atoms with Gasteiger partial charge in [0.25, 0.3) is 0 Å². The molecule has 0 bridgehead atoms. The second-order valence-corrected chi connectivity index (χ2v) is 8.60. The molecule has 0 saturated heterocycles. The van der Waals surface area contributed by atoms with Crippen LogP contribution < -0.4 is 15.4 Å². The van der Waals surface area contributed by atoms with E-state index in [1.54, 1.807) is 7.11 Å². The van der Waals surface area contributed by atoms with Crippen LogP contribution in [-0.4, -0.2) is 22.1 Å². The highest BCUT2D eigenvalue weighted by Crippen LogP contribution is 2.22. The molecular formula is C26H25Cl2N5O. The number of aromatic nitrogens is 3. The van der Waals surface area contributed by atoms with Crippen molar-refractivity contribution in [2.75, 3.05) is 17.7 Å². The molecular weight excluding hydrogens is 469 g/mol. The van der Waals surface area contributed by atoms with E-state index in [2.05, 4.69) is 31.7 Å². The monoisotopic (exact) mass is 493 g/mol. The first-order valence-electron chi connectivity index (χ1n) is 11.0. The van der Waals surface area contributed by atoms with E-state index in [9.17, 15) is 0 Å². The molecule has 8 heteroatoms. The molecule has 34 heavy (non-hydrogen) atoms. The highest BCUT2D eigenvalue weighted by atomic mass is 35.5. The maximum absolute atomic E-state index is 6.13. The Hall–Kier alpha value is -3.35. The lowest BCUT2D eigenvalue weighted by Gasteiger charge is -2.11. The molecule has 0 saturated carbocycles. The number of nitrogens with zero attached hydrogens (tertiary/aromatic N) is 3. The maximum atomic E-state index is 6.13. The fourth-order valence-electron chi connectivity index (χ4n) is 3.45. The van der Waals surface area contributed by atoms with E-state index in [1.807, 2.05) is 66.7 Å². The van der Waals surface area contributed by atoms with Crippen molar-refractivity contribution in [3.63, 3.8) is 0 Å². The third-order valence-corrected chi connectivity index (χ3v) is 5.58. The Morgan fingerprint density at radius 2 is 1.35 bits per heavy atom. The molecule has 0 fully saturated rings. The van der Waals surface area contributed by atoms with Crippen LogP contribution in [-0.2, 0) is 12.8 Å². The first-order valence-corrected chi connectivity index (χ1v) is 11.8. The van der Waals surface area contributed by atoms with Crippen molar-refractivity contribution >= 4 is 46.5 Å². The fourth-order valence-corrected chi connectivity index (χ4v) is 3.85. The molecule has 2 N–H and O–H groups in total. The van der Waals surface area contributed by atoms with Gasteiger partial charge in [0.2, 0.25) is 11.9 Å². The van der Waals surface area contributed by atoms with Crippen molar-refractivity contribution in [3.05, 3.63) is 94.2 Å². The number of hydrogen-bond acceptors (Lipinski definition) is 6. The predicted octanol–water partition coefficient (Wildman–Crippen LogP) is 7.24. The summed E-state index contributed by atoms with van der Waals surface area (Å²) in [7, 11) is 1.64. The molecule has 0 unspecified atom stereocenters. The van der Waals surface area contributed by atoms with Gasteiger partial charge in [0.05, 0.1) is 7.11 Å². The Kier molecular flexibility index (Phi) is 8.17. The topological polar surface area (TPSA) is 72.0 Å². The molecule has 0 spiro atoms. The molecule has 0 atom stereocenters. The van der Waals surface area contributed by atoms with Crippen LogP contribution in [0, 0.1) is 0 Å². The minimum Gasteiger partial charge on any atom is -0.497 e. The lowest BCUT2D eigenvalue weighted by molar-refractivity contribution is 0.415. The quantitative estimate of drug-likeness (QED) is 0.227. The largest absolute Gasteiger partial charge is 0.497 e. The van der Waals surface area contributed by atoms with Crippen molar-refractivity contribution in [2.24, 2.45) is 0 Å². The molecule has 3 aromatic carbocycles. The zero-order chi connectivity index (χ0) is 23.8. The second-order valence-electron chi connectivity index (χ2n) is 7.72. The number of halogens is 2. The fraction of sp³-hybridized carbons (Fsp3) is 0.192. The van der Waals surface area contributed by atoms with Gasteiger partial charge >= 0.3 is 0 Å². The molecule has 1 aromatic heterocycles. The van der Waals surface area contributed by atoms with E-state index >= 15 is 0 Å². The number of benzene rings is 3. The van der Waals surface area contributed by atoms with Crippen LogP contribution in [0.2, 0.25) is 10.0 Å². The van der Waals surface area contributed by atoms with Crippen LogP contribution in [0.3, 0.4) is 0 Å². The second kappa shape index (κ2) is 11.7. The first-order chi connectivity index (χ1) is 16.6. The molecule has 174 valence electrons. The van der Waals surface area contributed by atoms with Crippen LogP contribution >= 0.6 is 23.2 Å². The number of anilines is 4. The van der Waals surface area contributed by atoms with E-state index in [0.717, 1.165) is 47.8 Å². The summed E-state index contributed by atoms with van der Waals surface area (Å²) < 4.78 is 5.23. The van der Waals surface area contributed by atoms with Crippen molar-refractivity contribution < 1.29 is 4.74 Å². The van der Waals surface area contributed by atoms with Crippen molar-refractivity contribution in [3.8, 4) is 5.75 Å². The van der Waals surface area contributed by atoms with Crippen LogP contribution in [0.5, 0.6) is 5.75 Å². The van der Waals surface area contributed by atoms with Gasteiger partial charge in [-0.3, -0.25) is 0 Å². The SMILES string of the molecule is COc1ccc(Nc2nc(CCCCc3cccc(Cl)c3)nc(Nc3cccc(Cl)c3)n2)cc1. The van der Waals surface area contributed by atoms with Gasteiger partial charge in [-0.1, -0.05) is 41.4 Å². The number of ether oxygens (including phenoxy) is 1. The average molecular weight is 494 g/mol.